The van der Waals surface area contributed by atoms with E-state index in [1.807, 2.05) is 0 Å². The standard InChI is InChI=1S/C12H13Cl2NO3/c1-15(2)12(16)10(14)7-5-8(13)11-9(6-7)17-3-4-18-11/h5-6,10H,3-4H2,1-2H3. The van der Waals surface area contributed by atoms with E-state index in [0.717, 1.165) is 0 Å². The van der Waals surface area contributed by atoms with Crippen LogP contribution < -0.4 is 9.47 Å². The summed E-state index contributed by atoms with van der Waals surface area (Å²) in [4.78, 5) is 13.2. The molecule has 2 rings (SSSR count). The second-order valence-electron chi connectivity index (χ2n) is 4.12. The predicted molar refractivity (Wildman–Crippen MR) is 69.7 cm³/mol. The summed E-state index contributed by atoms with van der Waals surface area (Å²) in [5.41, 5.74) is 0.601. The number of alkyl halides is 1. The molecule has 0 radical (unpaired) electrons. The number of likely N-dealkylation sites (N-methyl/N-ethyl adjacent to an activating group) is 1. The molecule has 1 amide bonds. The van der Waals surface area contributed by atoms with Crippen LogP contribution in [-0.4, -0.2) is 38.1 Å². The zero-order valence-corrected chi connectivity index (χ0v) is 11.6. The van der Waals surface area contributed by atoms with Gasteiger partial charge in [-0.15, -0.1) is 11.6 Å². The Morgan fingerprint density at radius 3 is 2.67 bits per heavy atom. The zero-order chi connectivity index (χ0) is 13.3. The molecule has 1 aliphatic heterocycles. The SMILES string of the molecule is CN(C)C(=O)C(Cl)c1cc(Cl)c2c(c1)OCCO2. The number of carbonyl (C=O) groups is 1. The normalized spacial score (nSPS) is 15.1. The number of hydrogen-bond donors (Lipinski definition) is 0. The number of fused-ring (bicyclic) bond motifs is 1. The van der Waals surface area contributed by atoms with E-state index in [1.54, 1.807) is 26.2 Å². The second-order valence-corrected chi connectivity index (χ2v) is 4.97. The molecule has 0 aromatic heterocycles. The average Bonchev–Trinajstić information content (AvgIpc) is 2.36. The van der Waals surface area contributed by atoms with Crippen molar-refractivity contribution in [3.63, 3.8) is 0 Å². The van der Waals surface area contributed by atoms with Crippen molar-refractivity contribution < 1.29 is 14.3 Å². The number of rotatable bonds is 2. The van der Waals surface area contributed by atoms with Gasteiger partial charge >= 0.3 is 0 Å². The van der Waals surface area contributed by atoms with E-state index in [4.69, 9.17) is 32.7 Å². The molecule has 0 N–H and O–H groups in total. The van der Waals surface area contributed by atoms with Crippen molar-refractivity contribution in [2.24, 2.45) is 0 Å². The Labute approximate surface area is 115 Å². The summed E-state index contributed by atoms with van der Waals surface area (Å²) in [6.45, 7) is 0.925. The van der Waals surface area contributed by atoms with Crippen LogP contribution in [0.3, 0.4) is 0 Å². The van der Waals surface area contributed by atoms with Crippen LogP contribution in [0.5, 0.6) is 11.5 Å². The minimum atomic E-state index is -0.784. The van der Waals surface area contributed by atoms with Gasteiger partial charge in [0.2, 0.25) is 5.91 Å². The Hall–Kier alpha value is -1.13. The highest BCUT2D eigenvalue weighted by atomic mass is 35.5. The van der Waals surface area contributed by atoms with E-state index in [-0.39, 0.29) is 5.91 Å². The van der Waals surface area contributed by atoms with Gasteiger partial charge in [0.15, 0.2) is 11.5 Å². The fourth-order valence-corrected chi connectivity index (χ4v) is 2.24. The third kappa shape index (κ3) is 2.49. The molecule has 6 heteroatoms. The molecule has 1 heterocycles. The molecule has 4 nitrogen and oxygen atoms in total. The predicted octanol–water partition coefficient (Wildman–Crippen LogP) is 2.48. The third-order valence-corrected chi connectivity index (χ3v) is 3.29. The van der Waals surface area contributed by atoms with Crippen LogP contribution in [0.1, 0.15) is 10.9 Å². The number of ether oxygens (including phenoxy) is 2. The van der Waals surface area contributed by atoms with Gasteiger partial charge in [-0.05, 0) is 17.7 Å². The zero-order valence-electron chi connectivity index (χ0n) is 10.1. The van der Waals surface area contributed by atoms with Crippen molar-refractivity contribution in [3.05, 3.63) is 22.7 Å². The van der Waals surface area contributed by atoms with Gasteiger partial charge in [0, 0.05) is 14.1 Å². The highest BCUT2D eigenvalue weighted by Gasteiger charge is 2.24. The van der Waals surface area contributed by atoms with Crippen molar-refractivity contribution >= 4 is 29.1 Å². The number of amides is 1. The van der Waals surface area contributed by atoms with E-state index in [1.165, 1.54) is 4.90 Å². The molecule has 0 aliphatic carbocycles. The molecule has 1 atom stereocenters. The third-order valence-electron chi connectivity index (χ3n) is 2.57. The lowest BCUT2D eigenvalue weighted by Crippen LogP contribution is -2.25. The van der Waals surface area contributed by atoms with Gasteiger partial charge in [-0.25, -0.2) is 0 Å². The molecule has 1 unspecified atom stereocenters. The van der Waals surface area contributed by atoms with Crippen LogP contribution in [0.25, 0.3) is 0 Å². The van der Waals surface area contributed by atoms with E-state index in [2.05, 4.69) is 0 Å². The van der Waals surface area contributed by atoms with Crippen LogP contribution in [0, 0.1) is 0 Å². The van der Waals surface area contributed by atoms with Crippen LogP contribution in [-0.2, 0) is 4.79 Å². The fraction of sp³-hybridized carbons (Fsp3) is 0.417. The van der Waals surface area contributed by atoms with Gasteiger partial charge in [-0.3, -0.25) is 4.79 Å². The molecular formula is C12H13Cl2NO3. The average molecular weight is 290 g/mol. The van der Waals surface area contributed by atoms with Gasteiger partial charge in [-0.2, -0.15) is 0 Å². The van der Waals surface area contributed by atoms with Crippen molar-refractivity contribution in [1.82, 2.24) is 4.90 Å². The van der Waals surface area contributed by atoms with Gasteiger partial charge < -0.3 is 14.4 Å². The maximum Gasteiger partial charge on any atom is 0.244 e. The summed E-state index contributed by atoms with van der Waals surface area (Å²) < 4.78 is 10.8. The molecule has 18 heavy (non-hydrogen) atoms. The number of carbonyl (C=O) groups excluding carboxylic acids is 1. The fourth-order valence-electron chi connectivity index (χ4n) is 1.65. The Bertz CT molecular complexity index is 477. The molecule has 0 bridgehead atoms. The van der Waals surface area contributed by atoms with Crippen LogP contribution in [0.15, 0.2) is 12.1 Å². The topological polar surface area (TPSA) is 38.8 Å². The van der Waals surface area contributed by atoms with Crippen molar-refractivity contribution in [1.29, 1.82) is 0 Å². The smallest absolute Gasteiger partial charge is 0.244 e. The van der Waals surface area contributed by atoms with E-state index in [9.17, 15) is 4.79 Å². The number of nitrogens with zero attached hydrogens (tertiary/aromatic N) is 1. The summed E-state index contributed by atoms with van der Waals surface area (Å²) in [6.07, 6.45) is 0. The molecule has 1 aromatic rings. The van der Waals surface area contributed by atoms with Crippen LogP contribution in [0.4, 0.5) is 0 Å². The highest BCUT2D eigenvalue weighted by molar-refractivity contribution is 6.33. The molecule has 1 aliphatic rings. The minimum Gasteiger partial charge on any atom is -0.486 e. The van der Waals surface area contributed by atoms with E-state index in [0.29, 0.717) is 35.3 Å². The first kappa shape index (κ1) is 13.3. The summed E-state index contributed by atoms with van der Waals surface area (Å²) >= 11 is 12.2. The lowest BCUT2D eigenvalue weighted by Gasteiger charge is -2.22. The summed E-state index contributed by atoms with van der Waals surface area (Å²) in [7, 11) is 3.30. The first-order chi connectivity index (χ1) is 8.50. The molecule has 98 valence electrons. The molecule has 0 saturated heterocycles. The number of hydrogen-bond acceptors (Lipinski definition) is 3. The highest BCUT2D eigenvalue weighted by Crippen LogP contribution is 2.40. The van der Waals surface area contributed by atoms with Crippen LogP contribution >= 0.6 is 23.2 Å². The second kappa shape index (κ2) is 5.24. The maximum atomic E-state index is 11.8. The largest absolute Gasteiger partial charge is 0.486 e. The Morgan fingerprint density at radius 2 is 2.00 bits per heavy atom. The van der Waals surface area contributed by atoms with Gasteiger partial charge in [0.1, 0.15) is 18.6 Å². The van der Waals surface area contributed by atoms with Crippen molar-refractivity contribution in [2.45, 2.75) is 5.38 Å². The lowest BCUT2D eigenvalue weighted by atomic mass is 10.1. The first-order valence-electron chi connectivity index (χ1n) is 5.45. The maximum absolute atomic E-state index is 11.8. The Balaban J connectivity index is 2.35. The van der Waals surface area contributed by atoms with Gasteiger partial charge in [0.25, 0.3) is 0 Å². The van der Waals surface area contributed by atoms with Crippen LogP contribution in [0.2, 0.25) is 5.02 Å². The van der Waals surface area contributed by atoms with E-state index < -0.39 is 5.38 Å². The Morgan fingerprint density at radius 1 is 1.33 bits per heavy atom. The lowest BCUT2D eigenvalue weighted by molar-refractivity contribution is -0.128. The minimum absolute atomic E-state index is 0.204. The quantitative estimate of drug-likeness (QED) is 0.785. The molecule has 1 aromatic carbocycles. The van der Waals surface area contributed by atoms with Gasteiger partial charge in [-0.1, -0.05) is 11.6 Å². The first-order valence-corrected chi connectivity index (χ1v) is 6.26. The molecule has 0 saturated carbocycles. The summed E-state index contributed by atoms with van der Waals surface area (Å²) in [5, 5.41) is -0.382. The van der Waals surface area contributed by atoms with E-state index >= 15 is 0 Å². The summed E-state index contributed by atoms with van der Waals surface area (Å²) in [6, 6.07) is 3.33. The molecule has 0 fully saturated rings. The van der Waals surface area contributed by atoms with Gasteiger partial charge in [0.05, 0.1) is 5.02 Å². The number of halogens is 2. The van der Waals surface area contributed by atoms with Crippen molar-refractivity contribution in [2.75, 3.05) is 27.3 Å². The monoisotopic (exact) mass is 289 g/mol. The number of benzene rings is 1. The van der Waals surface area contributed by atoms with Crippen molar-refractivity contribution in [3.8, 4) is 11.5 Å². The molecular weight excluding hydrogens is 277 g/mol. The summed E-state index contributed by atoms with van der Waals surface area (Å²) in [5.74, 6) is 0.832. The molecule has 0 spiro atoms. The Kier molecular flexibility index (Phi) is 3.88.